The summed E-state index contributed by atoms with van der Waals surface area (Å²) in [6.45, 7) is 0. The van der Waals surface area contributed by atoms with Gasteiger partial charge in [0.2, 0.25) is 5.69 Å². The Bertz CT molecular complexity index is 491. The van der Waals surface area contributed by atoms with Gasteiger partial charge in [-0.05, 0) is 36.5 Å². The van der Waals surface area contributed by atoms with Gasteiger partial charge in [0, 0.05) is 19.5 Å². The van der Waals surface area contributed by atoms with Crippen LogP contribution in [0.2, 0.25) is 0 Å². The first-order chi connectivity index (χ1) is 10.4. The number of esters is 2. The molecule has 0 saturated heterocycles. The van der Waals surface area contributed by atoms with Gasteiger partial charge in [-0.15, -0.1) is 0 Å². The molecule has 2 aliphatic carbocycles. The van der Waals surface area contributed by atoms with Crippen LogP contribution in [-0.2, 0) is 39.9 Å². The van der Waals surface area contributed by atoms with Crippen LogP contribution in [0.1, 0.15) is 12.8 Å². The van der Waals surface area contributed by atoms with Crippen molar-refractivity contribution in [3.05, 3.63) is 0 Å². The quantitative estimate of drug-likeness (QED) is 0.522. The average molecular weight is 368 g/mol. The Kier molecular flexibility index (Phi) is 5.94. The minimum atomic E-state index is -2.39. The molecule has 0 aromatic heterocycles. The Morgan fingerprint density at radius 1 is 1.00 bits per heavy atom. The van der Waals surface area contributed by atoms with E-state index in [-0.39, 0.29) is 29.0 Å². The largest absolute Gasteiger partial charge is 0.469 e. The number of hydrogen-bond acceptors (Lipinski definition) is 8. The summed E-state index contributed by atoms with van der Waals surface area (Å²) in [5, 5.41) is 0.140. The monoisotopic (exact) mass is 368 g/mol. The van der Waals surface area contributed by atoms with E-state index in [1.165, 1.54) is 25.6 Å². The summed E-state index contributed by atoms with van der Waals surface area (Å²) in [6, 6.07) is 0. The van der Waals surface area contributed by atoms with Gasteiger partial charge in [0.1, 0.15) is 0 Å². The molecule has 0 amide bonds. The molecule has 0 aromatic rings. The van der Waals surface area contributed by atoms with Crippen molar-refractivity contribution in [3.8, 4) is 0 Å². The van der Waals surface area contributed by atoms with Crippen LogP contribution < -0.4 is 0 Å². The second-order valence-corrected chi connectivity index (χ2v) is 12.1. The molecule has 0 spiro atoms. The van der Waals surface area contributed by atoms with Gasteiger partial charge < -0.3 is 18.5 Å². The molecule has 0 radical (unpaired) electrons. The summed E-state index contributed by atoms with van der Waals surface area (Å²) in [7, 11) is 5.78. The highest BCUT2D eigenvalue weighted by atomic mass is 32.9. The van der Waals surface area contributed by atoms with E-state index in [0.29, 0.717) is 0 Å². The second-order valence-electron chi connectivity index (χ2n) is 5.45. The average Bonchev–Trinajstić information content (AvgIpc) is 3.10. The Labute approximate surface area is 139 Å². The van der Waals surface area contributed by atoms with E-state index >= 15 is 0 Å². The molecule has 22 heavy (non-hydrogen) atoms. The lowest BCUT2D eigenvalue weighted by molar-refractivity contribution is -0.159. The Hall–Kier alpha value is -0.140. The first kappa shape index (κ1) is 18.2. The van der Waals surface area contributed by atoms with Crippen LogP contribution in [0.15, 0.2) is 0 Å². The molecular weight excluding hydrogens is 347 g/mol. The van der Waals surface area contributed by atoms with E-state index in [9.17, 15) is 9.59 Å². The zero-order chi connectivity index (χ0) is 16.5. The third-order valence-electron chi connectivity index (χ3n) is 4.60. The third-order valence-corrected chi connectivity index (χ3v) is 10.7. The number of ether oxygens (including phenoxy) is 2. The third kappa shape index (κ3) is 3.22. The number of fused-ring (bicyclic) bond motifs is 2. The molecule has 2 saturated carbocycles. The van der Waals surface area contributed by atoms with E-state index in [4.69, 9.17) is 30.3 Å². The van der Waals surface area contributed by atoms with Crippen molar-refractivity contribution in [2.75, 3.05) is 28.4 Å². The zero-order valence-electron chi connectivity index (χ0n) is 13.0. The molecule has 5 unspecified atom stereocenters. The molecule has 0 aromatic carbocycles. The molecule has 2 fully saturated rings. The summed E-state index contributed by atoms with van der Waals surface area (Å²) in [5.41, 5.74) is -2.39. The number of carbonyl (C=O) groups excluding carboxylic acids is 2. The molecular formula is C13H21O6PS2. The van der Waals surface area contributed by atoms with Crippen LogP contribution in [0.5, 0.6) is 0 Å². The van der Waals surface area contributed by atoms with E-state index in [1.54, 1.807) is 14.2 Å². The highest BCUT2D eigenvalue weighted by Gasteiger charge is 2.59. The minimum absolute atomic E-state index is 0.0409. The summed E-state index contributed by atoms with van der Waals surface area (Å²) in [5.74, 6) is -1.40. The highest BCUT2D eigenvalue weighted by molar-refractivity contribution is 8.68. The van der Waals surface area contributed by atoms with Gasteiger partial charge in [-0.2, -0.15) is 0 Å². The van der Waals surface area contributed by atoms with Crippen molar-refractivity contribution >= 4 is 40.8 Å². The first-order valence-electron chi connectivity index (χ1n) is 6.96. The molecule has 126 valence electrons. The molecule has 6 nitrogen and oxygen atoms in total. The lowest BCUT2D eigenvalue weighted by atomic mass is 9.79. The number of methoxy groups -OCH3 is 2. The summed E-state index contributed by atoms with van der Waals surface area (Å²) < 4.78 is 20.4. The van der Waals surface area contributed by atoms with Crippen LogP contribution >= 0.6 is 17.1 Å². The van der Waals surface area contributed by atoms with Gasteiger partial charge in [-0.3, -0.25) is 9.59 Å². The zero-order valence-corrected chi connectivity index (χ0v) is 15.5. The van der Waals surface area contributed by atoms with Crippen molar-refractivity contribution in [1.29, 1.82) is 0 Å². The van der Waals surface area contributed by atoms with Crippen molar-refractivity contribution < 1.29 is 28.1 Å². The van der Waals surface area contributed by atoms with Crippen molar-refractivity contribution in [1.82, 2.24) is 0 Å². The number of carbonyl (C=O) groups is 2. The first-order valence-corrected chi connectivity index (χ1v) is 11.1. The molecule has 2 aliphatic rings. The van der Waals surface area contributed by atoms with E-state index < -0.39 is 17.5 Å². The molecule has 0 heterocycles. The fourth-order valence-corrected chi connectivity index (χ4v) is 8.34. The summed E-state index contributed by atoms with van der Waals surface area (Å²) in [4.78, 5) is 24.2. The van der Waals surface area contributed by atoms with Crippen molar-refractivity contribution in [3.63, 3.8) is 0 Å². The Balaban J connectivity index is 2.20. The van der Waals surface area contributed by atoms with Crippen LogP contribution in [0.3, 0.4) is 0 Å². The van der Waals surface area contributed by atoms with Gasteiger partial charge in [0.25, 0.3) is 0 Å². The maximum absolute atomic E-state index is 12.2. The fraction of sp³-hybridized carbons (Fsp3) is 0.846. The summed E-state index contributed by atoms with van der Waals surface area (Å²) >= 11 is 6.91. The number of rotatable bonds is 6. The standard InChI is InChI=1S/C13H21O6PS2/c1-16-12(14)10-7-5-8(11(10)13(15)17-2)9(6-7)22-20(21,18-3)19-4/h7-11H,5-6H2,1-4H3. The van der Waals surface area contributed by atoms with E-state index in [0.717, 1.165) is 12.8 Å². The topological polar surface area (TPSA) is 71.1 Å². The van der Waals surface area contributed by atoms with Gasteiger partial charge in [0.05, 0.1) is 26.1 Å². The normalized spacial score (nSPS) is 33.7. The molecule has 0 aliphatic heterocycles. The number of hydrogen-bond donors (Lipinski definition) is 0. The smallest absolute Gasteiger partial charge is 0.309 e. The molecule has 5 atom stereocenters. The van der Waals surface area contributed by atoms with Crippen molar-refractivity contribution in [2.45, 2.75) is 18.1 Å². The minimum Gasteiger partial charge on any atom is -0.469 e. The Morgan fingerprint density at radius 2 is 1.55 bits per heavy atom. The summed E-state index contributed by atoms with van der Waals surface area (Å²) in [6.07, 6.45) is 1.62. The molecule has 2 bridgehead atoms. The van der Waals surface area contributed by atoms with E-state index in [1.807, 2.05) is 0 Å². The van der Waals surface area contributed by atoms with Crippen LogP contribution in [-0.4, -0.2) is 45.6 Å². The van der Waals surface area contributed by atoms with Gasteiger partial charge in [-0.25, -0.2) is 0 Å². The Morgan fingerprint density at radius 3 is 2.05 bits per heavy atom. The predicted octanol–water partition coefficient (Wildman–Crippen LogP) is 2.22. The lowest BCUT2D eigenvalue weighted by Gasteiger charge is -2.33. The van der Waals surface area contributed by atoms with E-state index in [2.05, 4.69) is 0 Å². The van der Waals surface area contributed by atoms with Crippen LogP contribution in [0, 0.1) is 23.7 Å². The fourth-order valence-electron chi connectivity index (χ4n) is 3.68. The maximum Gasteiger partial charge on any atom is 0.309 e. The predicted molar refractivity (Wildman–Crippen MR) is 86.9 cm³/mol. The van der Waals surface area contributed by atoms with Crippen LogP contribution in [0.25, 0.3) is 0 Å². The highest BCUT2D eigenvalue weighted by Crippen LogP contribution is 2.68. The van der Waals surface area contributed by atoms with Gasteiger partial charge in [0.15, 0.2) is 0 Å². The van der Waals surface area contributed by atoms with Crippen molar-refractivity contribution in [2.24, 2.45) is 23.7 Å². The SMILES string of the molecule is COC(=O)C1C2CC(SP(=S)(OC)OC)C(C2)C1C(=O)OC. The second kappa shape index (κ2) is 7.18. The van der Waals surface area contributed by atoms with Gasteiger partial charge >= 0.3 is 11.9 Å². The maximum atomic E-state index is 12.2. The lowest BCUT2D eigenvalue weighted by Crippen LogP contribution is -2.40. The molecule has 0 N–H and O–H groups in total. The van der Waals surface area contributed by atoms with Gasteiger partial charge in [-0.1, -0.05) is 11.4 Å². The molecule has 2 rings (SSSR count). The van der Waals surface area contributed by atoms with Crippen LogP contribution in [0.4, 0.5) is 0 Å². The molecule has 9 heteroatoms.